The number of rotatable bonds is 1. The van der Waals surface area contributed by atoms with Gasteiger partial charge in [-0.3, -0.25) is 0 Å². The maximum absolute atomic E-state index is 4.81. The van der Waals surface area contributed by atoms with E-state index in [-0.39, 0.29) is 25.5 Å². The van der Waals surface area contributed by atoms with Crippen molar-refractivity contribution in [2.45, 2.75) is 26.7 Å². The standard InChI is InChI=1S/C19H18NS.Ir/c1-19(2)10-5-11-20-18(19)13-8-9-17-15(12-13)14-6-3-4-7-16(14)21-17;/h3-4,6-7,9,12H,5,10-11H2,1-2H3;/q-1;. The van der Waals surface area contributed by atoms with Gasteiger partial charge in [0.05, 0.1) is 0 Å². The summed E-state index contributed by atoms with van der Waals surface area (Å²) in [7, 11) is 0. The van der Waals surface area contributed by atoms with E-state index in [2.05, 4.69) is 56.3 Å². The molecule has 115 valence electrons. The fraction of sp³-hybridized carbons (Fsp3) is 0.316. The second-order valence-electron chi connectivity index (χ2n) is 6.44. The Bertz CT molecular complexity index is 860. The first-order valence-electron chi connectivity index (χ1n) is 7.53. The van der Waals surface area contributed by atoms with E-state index < -0.39 is 0 Å². The van der Waals surface area contributed by atoms with Gasteiger partial charge in [-0.05, 0) is 40.1 Å². The summed E-state index contributed by atoms with van der Waals surface area (Å²) < 4.78 is 2.66. The van der Waals surface area contributed by atoms with Crippen molar-refractivity contribution in [2.75, 3.05) is 6.54 Å². The van der Waals surface area contributed by atoms with Gasteiger partial charge in [0.1, 0.15) is 0 Å². The van der Waals surface area contributed by atoms with Crippen LogP contribution in [0.15, 0.2) is 41.4 Å². The van der Waals surface area contributed by atoms with Crippen LogP contribution in [0, 0.1) is 11.5 Å². The Kier molecular flexibility index (Phi) is 4.24. The van der Waals surface area contributed by atoms with E-state index >= 15 is 0 Å². The van der Waals surface area contributed by atoms with Gasteiger partial charge in [0.15, 0.2) is 0 Å². The molecule has 0 saturated heterocycles. The van der Waals surface area contributed by atoms with Gasteiger partial charge in [-0.15, -0.1) is 23.8 Å². The quantitative estimate of drug-likeness (QED) is 0.407. The molecule has 0 aliphatic carbocycles. The molecule has 0 fully saturated rings. The van der Waals surface area contributed by atoms with Gasteiger partial charge in [0.2, 0.25) is 0 Å². The van der Waals surface area contributed by atoms with E-state index in [1.807, 2.05) is 11.3 Å². The molecule has 4 rings (SSSR count). The molecule has 1 aromatic heterocycles. The van der Waals surface area contributed by atoms with Crippen LogP contribution in [-0.2, 0) is 20.1 Å². The molecular weight excluding hydrogens is 466 g/mol. The second kappa shape index (κ2) is 5.88. The first kappa shape index (κ1) is 15.9. The van der Waals surface area contributed by atoms with Crippen molar-refractivity contribution < 1.29 is 20.1 Å². The van der Waals surface area contributed by atoms with Crippen molar-refractivity contribution >= 4 is 37.2 Å². The minimum absolute atomic E-state index is 0. The molecule has 0 amide bonds. The zero-order valence-electron chi connectivity index (χ0n) is 12.8. The summed E-state index contributed by atoms with van der Waals surface area (Å²) in [6.45, 7) is 5.55. The summed E-state index contributed by atoms with van der Waals surface area (Å²) in [6.07, 6.45) is 2.40. The Morgan fingerprint density at radius 2 is 1.95 bits per heavy atom. The molecule has 1 radical (unpaired) electrons. The van der Waals surface area contributed by atoms with Gasteiger partial charge in [-0.2, -0.15) is 11.3 Å². The van der Waals surface area contributed by atoms with E-state index in [0.29, 0.717) is 0 Å². The number of thiophene rings is 1. The van der Waals surface area contributed by atoms with Crippen LogP contribution in [0.3, 0.4) is 0 Å². The minimum atomic E-state index is 0. The van der Waals surface area contributed by atoms with Crippen molar-refractivity contribution in [3.8, 4) is 0 Å². The van der Waals surface area contributed by atoms with Gasteiger partial charge in [-0.25, -0.2) is 0 Å². The molecule has 0 spiro atoms. The maximum Gasteiger partial charge on any atom is 0.0285 e. The van der Waals surface area contributed by atoms with Gasteiger partial charge >= 0.3 is 0 Å². The van der Waals surface area contributed by atoms with Crippen LogP contribution in [-0.4, -0.2) is 12.3 Å². The van der Waals surface area contributed by atoms with Gasteiger partial charge < -0.3 is 4.99 Å². The molecule has 1 nitrogen and oxygen atoms in total. The zero-order chi connectivity index (χ0) is 14.4. The molecule has 3 aromatic rings. The average molecular weight is 485 g/mol. The molecule has 0 saturated carbocycles. The molecule has 2 aromatic carbocycles. The number of benzene rings is 2. The first-order valence-corrected chi connectivity index (χ1v) is 8.35. The molecule has 2 heterocycles. The summed E-state index contributed by atoms with van der Waals surface area (Å²) in [4.78, 5) is 4.81. The number of hydrogen-bond acceptors (Lipinski definition) is 2. The van der Waals surface area contributed by atoms with E-state index in [9.17, 15) is 0 Å². The normalized spacial score (nSPS) is 17.3. The Hall–Kier alpha value is -1.02. The van der Waals surface area contributed by atoms with Crippen molar-refractivity contribution in [1.82, 2.24) is 0 Å². The molecule has 1 aliphatic heterocycles. The minimum Gasteiger partial charge on any atom is -0.337 e. The predicted molar refractivity (Wildman–Crippen MR) is 92.6 cm³/mol. The summed E-state index contributed by atoms with van der Waals surface area (Å²) in [6, 6.07) is 16.5. The van der Waals surface area contributed by atoms with Crippen molar-refractivity contribution in [3.63, 3.8) is 0 Å². The Morgan fingerprint density at radius 3 is 2.77 bits per heavy atom. The van der Waals surface area contributed by atoms with Crippen LogP contribution in [0.4, 0.5) is 0 Å². The largest absolute Gasteiger partial charge is 0.337 e. The monoisotopic (exact) mass is 485 g/mol. The van der Waals surface area contributed by atoms with E-state index in [4.69, 9.17) is 4.99 Å². The number of nitrogens with zero attached hydrogens (tertiary/aromatic N) is 1. The SMILES string of the molecule is CC1(C)CCCN=C1c1[c-]cc2sc3ccccc3c2c1.[Ir]. The van der Waals surface area contributed by atoms with Crippen molar-refractivity contribution in [2.24, 2.45) is 10.4 Å². The average Bonchev–Trinajstić information content (AvgIpc) is 2.84. The van der Waals surface area contributed by atoms with Crippen LogP contribution in [0.1, 0.15) is 32.3 Å². The Balaban J connectivity index is 0.00000144. The molecule has 3 heteroatoms. The molecule has 0 N–H and O–H groups in total. The third kappa shape index (κ3) is 2.56. The van der Waals surface area contributed by atoms with Gasteiger partial charge in [0, 0.05) is 31.4 Å². The Labute approximate surface area is 148 Å². The molecule has 0 atom stereocenters. The fourth-order valence-corrected chi connectivity index (χ4v) is 4.37. The predicted octanol–water partition coefficient (Wildman–Crippen LogP) is 5.46. The van der Waals surface area contributed by atoms with Crippen molar-refractivity contribution in [3.05, 3.63) is 48.0 Å². The summed E-state index contributed by atoms with van der Waals surface area (Å²) in [5.74, 6) is 0. The first-order chi connectivity index (χ1) is 10.1. The summed E-state index contributed by atoms with van der Waals surface area (Å²) >= 11 is 1.85. The van der Waals surface area contributed by atoms with E-state index in [1.165, 1.54) is 44.3 Å². The second-order valence-corrected chi connectivity index (χ2v) is 7.52. The van der Waals surface area contributed by atoms with Gasteiger partial charge in [0.25, 0.3) is 0 Å². The third-order valence-electron chi connectivity index (χ3n) is 4.44. The molecule has 0 bridgehead atoms. The fourth-order valence-electron chi connectivity index (χ4n) is 3.30. The molecule has 0 unspecified atom stereocenters. The van der Waals surface area contributed by atoms with Crippen LogP contribution in [0.2, 0.25) is 0 Å². The Morgan fingerprint density at radius 1 is 1.14 bits per heavy atom. The van der Waals surface area contributed by atoms with Crippen LogP contribution in [0.5, 0.6) is 0 Å². The molecule has 22 heavy (non-hydrogen) atoms. The summed E-state index contributed by atoms with van der Waals surface area (Å²) in [5.41, 5.74) is 2.57. The molecular formula is C19H18IrNS-. The number of aliphatic imine (C=N–C) groups is 1. The number of hydrogen-bond donors (Lipinski definition) is 0. The van der Waals surface area contributed by atoms with Crippen LogP contribution in [0.25, 0.3) is 20.2 Å². The van der Waals surface area contributed by atoms with Crippen LogP contribution >= 0.6 is 11.3 Å². The van der Waals surface area contributed by atoms with E-state index in [1.54, 1.807) is 0 Å². The molecule has 1 aliphatic rings. The zero-order valence-corrected chi connectivity index (χ0v) is 16.0. The topological polar surface area (TPSA) is 12.4 Å². The van der Waals surface area contributed by atoms with Crippen molar-refractivity contribution in [1.29, 1.82) is 0 Å². The van der Waals surface area contributed by atoms with Crippen LogP contribution < -0.4 is 0 Å². The van der Waals surface area contributed by atoms with E-state index in [0.717, 1.165) is 6.54 Å². The third-order valence-corrected chi connectivity index (χ3v) is 5.57. The smallest absolute Gasteiger partial charge is 0.0285 e. The number of fused-ring (bicyclic) bond motifs is 3. The maximum atomic E-state index is 4.81. The summed E-state index contributed by atoms with van der Waals surface area (Å²) in [5, 5.41) is 2.69. The van der Waals surface area contributed by atoms with Gasteiger partial charge in [-0.1, -0.05) is 37.4 Å².